The van der Waals surface area contributed by atoms with Crippen molar-refractivity contribution < 1.29 is 17.9 Å². The number of sulfone groups is 1. The first kappa shape index (κ1) is 18.9. The molecular formula is C20H18N4O4S. The fraction of sp³-hybridized carbons (Fsp3) is 0.150. The number of aryl methyl sites for hydroxylation is 1. The highest BCUT2D eigenvalue weighted by atomic mass is 32.2. The van der Waals surface area contributed by atoms with E-state index in [1.807, 2.05) is 6.07 Å². The molecule has 0 fully saturated rings. The van der Waals surface area contributed by atoms with Gasteiger partial charge in [0, 0.05) is 37.2 Å². The fourth-order valence-corrected chi connectivity index (χ4v) is 3.48. The molecule has 1 aromatic carbocycles. The number of benzene rings is 1. The van der Waals surface area contributed by atoms with E-state index < -0.39 is 9.84 Å². The van der Waals surface area contributed by atoms with E-state index in [1.165, 1.54) is 18.4 Å². The quantitative estimate of drug-likeness (QED) is 0.498. The van der Waals surface area contributed by atoms with Gasteiger partial charge in [-0.3, -0.25) is 4.68 Å². The van der Waals surface area contributed by atoms with Crippen molar-refractivity contribution in [1.29, 1.82) is 0 Å². The van der Waals surface area contributed by atoms with Crippen molar-refractivity contribution in [2.75, 3.05) is 13.4 Å². The summed E-state index contributed by atoms with van der Waals surface area (Å²) in [6.45, 7) is 0. The van der Waals surface area contributed by atoms with Crippen LogP contribution >= 0.6 is 0 Å². The number of fused-ring (bicyclic) bond motifs is 1. The zero-order valence-electron chi connectivity index (χ0n) is 16.0. The maximum atomic E-state index is 11.7. The lowest BCUT2D eigenvalue weighted by molar-refractivity contribution is 0.398. The van der Waals surface area contributed by atoms with Gasteiger partial charge in [0.2, 0.25) is 5.88 Å². The number of hydrogen-bond donors (Lipinski definition) is 0. The predicted molar refractivity (Wildman–Crippen MR) is 108 cm³/mol. The number of ether oxygens (including phenoxy) is 2. The lowest BCUT2D eigenvalue weighted by Crippen LogP contribution is -1.97. The number of hydrogen-bond acceptors (Lipinski definition) is 7. The summed E-state index contributed by atoms with van der Waals surface area (Å²) in [7, 11) is 0.0918. The summed E-state index contributed by atoms with van der Waals surface area (Å²) in [5, 5.41) is 5.01. The zero-order valence-corrected chi connectivity index (χ0v) is 16.8. The van der Waals surface area contributed by atoms with Gasteiger partial charge in [0.25, 0.3) is 0 Å². The minimum Gasteiger partial charge on any atom is -0.481 e. The number of nitrogens with zero attached hydrogens (tertiary/aromatic N) is 4. The van der Waals surface area contributed by atoms with Crippen LogP contribution in [0.25, 0.3) is 22.3 Å². The third-order valence-electron chi connectivity index (χ3n) is 4.39. The topological polar surface area (TPSA) is 96.2 Å². The van der Waals surface area contributed by atoms with Gasteiger partial charge in [0.05, 0.1) is 29.3 Å². The monoisotopic (exact) mass is 410 g/mol. The number of methoxy groups -OCH3 is 1. The molecule has 4 rings (SSSR count). The van der Waals surface area contributed by atoms with Crippen molar-refractivity contribution in [3.05, 3.63) is 54.9 Å². The highest BCUT2D eigenvalue weighted by Gasteiger charge is 2.14. The van der Waals surface area contributed by atoms with E-state index in [4.69, 9.17) is 9.47 Å². The highest BCUT2D eigenvalue weighted by Crippen LogP contribution is 2.33. The Labute approximate surface area is 167 Å². The first-order valence-corrected chi connectivity index (χ1v) is 10.6. The van der Waals surface area contributed by atoms with E-state index in [-0.39, 0.29) is 4.90 Å². The van der Waals surface area contributed by atoms with Crippen molar-refractivity contribution in [2.24, 2.45) is 7.05 Å². The standard InChI is InChI=1S/C20H18N4O4S/c1-24-20-16(12-22-24)18(28-14-5-7-15(8-6-14)29(3,25)26)10-17(23-20)13-4-9-19(27-2)21-11-13/h4-12H,1-3H3. The lowest BCUT2D eigenvalue weighted by Gasteiger charge is -2.10. The molecule has 0 aliphatic heterocycles. The number of rotatable bonds is 5. The van der Waals surface area contributed by atoms with Crippen LogP contribution < -0.4 is 9.47 Å². The van der Waals surface area contributed by atoms with Crippen LogP contribution in [0, 0.1) is 0 Å². The Balaban J connectivity index is 1.76. The van der Waals surface area contributed by atoms with Gasteiger partial charge in [0.15, 0.2) is 15.5 Å². The molecule has 3 aromatic heterocycles. The molecule has 0 aliphatic carbocycles. The molecule has 0 amide bonds. The molecule has 0 N–H and O–H groups in total. The van der Waals surface area contributed by atoms with E-state index in [1.54, 1.807) is 55.5 Å². The SMILES string of the molecule is COc1ccc(-c2cc(Oc3ccc(S(C)(=O)=O)cc3)c3cnn(C)c3n2)cn1. The largest absolute Gasteiger partial charge is 0.481 e. The summed E-state index contributed by atoms with van der Waals surface area (Å²) in [5.74, 6) is 1.58. The van der Waals surface area contributed by atoms with E-state index in [9.17, 15) is 8.42 Å². The molecule has 0 radical (unpaired) electrons. The van der Waals surface area contributed by atoms with Gasteiger partial charge in [-0.05, 0) is 30.3 Å². The molecule has 0 unspecified atom stereocenters. The Kier molecular flexibility index (Phi) is 4.67. The normalized spacial score (nSPS) is 11.6. The second-order valence-electron chi connectivity index (χ2n) is 6.45. The molecule has 0 saturated heterocycles. The predicted octanol–water partition coefficient (Wildman–Crippen LogP) is 3.23. The first-order chi connectivity index (χ1) is 13.8. The Bertz CT molecular complexity index is 1280. The summed E-state index contributed by atoms with van der Waals surface area (Å²) >= 11 is 0. The summed E-state index contributed by atoms with van der Waals surface area (Å²) in [6.07, 6.45) is 4.52. The van der Waals surface area contributed by atoms with Crippen LogP contribution in [0.5, 0.6) is 17.4 Å². The van der Waals surface area contributed by atoms with Gasteiger partial charge in [-0.25, -0.2) is 18.4 Å². The molecule has 4 aromatic rings. The Hall–Kier alpha value is -3.46. The lowest BCUT2D eigenvalue weighted by atomic mass is 10.1. The van der Waals surface area contributed by atoms with Gasteiger partial charge in [-0.2, -0.15) is 5.10 Å². The van der Waals surface area contributed by atoms with Crippen molar-refractivity contribution >= 4 is 20.9 Å². The van der Waals surface area contributed by atoms with E-state index in [0.29, 0.717) is 28.7 Å². The first-order valence-electron chi connectivity index (χ1n) is 8.66. The third-order valence-corrected chi connectivity index (χ3v) is 5.52. The fourth-order valence-electron chi connectivity index (χ4n) is 2.85. The summed E-state index contributed by atoms with van der Waals surface area (Å²) in [4.78, 5) is 9.13. The molecule has 148 valence electrons. The molecule has 0 saturated carbocycles. The third kappa shape index (κ3) is 3.77. The summed E-state index contributed by atoms with van der Waals surface area (Å²) in [6, 6.07) is 11.7. The van der Waals surface area contributed by atoms with E-state index >= 15 is 0 Å². The minimum atomic E-state index is -3.27. The van der Waals surface area contributed by atoms with Gasteiger partial charge in [-0.1, -0.05) is 0 Å². The van der Waals surface area contributed by atoms with Crippen molar-refractivity contribution in [1.82, 2.24) is 19.7 Å². The second-order valence-corrected chi connectivity index (χ2v) is 8.46. The second kappa shape index (κ2) is 7.17. The van der Waals surface area contributed by atoms with Crippen LogP contribution in [0.3, 0.4) is 0 Å². The molecule has 0 atom stereocenters. The molecular weight excluding hydrogens is 392 g/mol. The average Bonchev–Trinajstić information content (AvgIpc) is 3.09. The molecule has 8 nitrogen and oxygen atoms in total. The summed E-state index contributed by atoms with van der Waals surface area (Å²) < 4.78 is 36.1. The minimum absolute atomic E-state index is 0.232. The Morgan fingerprint density at radius 2 is 1.79 bits per heavy atom. The molecule has 0 bridgehead atoms. The van der Waals surface area contributed by atoms with Crippen LogP contribution in [0.1, 0.15) is 0 Å². The summed E-state index contributed by atoms with van der Waals surface area (Å²) in [5.41, 5.74) is 2.12. The van der Waals surface area contributed by atoms with Gasteiger partial charge in [-0.15, -0.1) is 0 Å². The van der Waals surface area contributed by atoms with E-state index in [2.05, 4.69) is 15.1 Å². The van der Waals surface area contributed by atoms with Gasteiger partial charge < -0.3 is 9.47 Å². The van der Waals surface area contributed by atoms with Crippen LogP contribution in [-0.4, -0.2) is 41.5 Å². The Morgan fingerprint density at radius 1 is 1.03 bits per heavy atom. The zero-order chi connectivity index (χ0) is 20.6. The number of pyridine rings is 2. The Morgan fingerprint density at radius 3 is 2.41 bits per heavy atom. The van der Waals surface area contributed by atoms with Crippen LogP contribution in [-0.2, 0) is 16.9 Å². The van der Waals surface area contributed by atoms with Crippen molar-refractivity contribution in [3.63, 3.8) is 0 Å². The van der Waals surface area contributed by atoms with Crippen molar-refractivity contribution in [2.45, 2.75) is 4.90 Å². The molecule has 29 heavy (non-hydrogen) atoms. The van der Waals surface area contributed by atoms with Crippen LogP contribution in [0.4, 0.5) is 0 Å². The average molecular weight is 410 g/mol. The molecule has 0 spiro atoms. The maximum absolute atomic E-state index is 11.7. The molecule has 0 aliphatic rings. The maximum Gasteiger partial charge on any atom is 0.212 e. The van der Waals surface area contributed by atoms with Crippen molar-refractivity contribution in [3.8, 4) is 28.6 Å². The van der Waals surface area contributed by atoms with Gasteiger partial charge >= 0.3 is 0 Å². The molecule has 3 heterocycles. The van der Waals surface area contributed by atoms with Crippen LogP contribution in [0.2, 0.25) is 0 Å². The smallest absolute Gasteiger partial charge is 0.212 e. The molecule has 9 heteroatoms. The highest BCUT2D eigenvalue weighted by molar-refractivity contribution is 7.90. The van der Waals surface area contributed by atoms with Crippen LogP contribution in [0.15, 0.2) is 59.8 Å². The van der Waals surface area contributed by atoms with E-state index in [0.717, 1.165) is 10.9 Å². The number of aromatic nitrogens is 4. The van der Waals surface area contributed by atoms with Gasteiger partial charge in [0.1, 0.15) is 11.5 Å².